The van der Waals surface area contributed by atoms with E-state index in [1.54, 1.807) is 0 Å². The average molecular weight is 614 g/mol. The Morgan fingerprint density at radius 2 is 1.12 bits per heavy atom. The standard InChI is InChI=1S/C46H31NO/c1-45(2)33-17-5-3-14-32(33)43-29(15-11-20-36(43)45)28-25-26-42-38(27-28)46(35-19-7-10-24-41(35)48-42)34-18-6-9-23-40(34)47-39-22-8-4-13-30(39)31-16-12-21-37(46)44(31)47/h3-27H,1-2H3. The largest absolute Gasteiger partial charge is 0.457 e. The van der Waals surface area contributed by atoms with Crippen molar-refractivity contribution in [1.82, 2.24) is 4.57 Å². The average Bonchev–Trinajstić information content (AvgIpc) is 3.60. The number of aromatic nitrogens is 1. The molecule has 1 aliphatic carbocycles. The number of ether oxygens (including phenoxy) is 1. The molecule has 0 N–H and O–H groups in total. The van der Waals surface area contributed by atoms with E-state index in [0.717, 1.165) is 11.5 Å². The molecule has 226 valence electrons. The van der Waals surface area contributed by atoms with E-state index in [2.05, 4.69) is 170 Å². The number of nitrogens with zero attached hydrogens (tertiary/aromatic N) is 1. The van der Waals surface area contributed by atoms with E-state index in [0.29, 0.717) is 0 Å². The molecule has 1 atom stereocenters. The van der Waals surface area contributed by atoms with Crippen LogP contribution in [0.3, 0.4) is 0 Å². The summed E-state index contributed by atoms with van der Waals surface area (Å²) in [5, 5.41) is 2.55. The summed E-state index contributed by atoms with van der Waals surface area (Å²) in [6, 6.07) is 56.1. The Kier molecular flexibility index (Phi) is 4.88. The van der Waals surface area contributed by atoms with Crippen molar-refractivity contribution < 1.29 is 4.74 Å². The van der Waals surface area contributed by atoms with E-state index in [-0.39, 0.29) is 5.41 Å². The fourth-order valence-electron chi connectivity index (χ4n) is 9.49. The first-order valence-electron chi connectivity index (χ1n) is 16.9. The minimum absolute atomic E-state index is 0.0647. The molecule has 0 radical (unpaired) electrons. The van der Waals surface area contributed by atoms with Crippen LogP contribution in [0.2, 0.25) is 0 Å². The highest BCUT2D eigenvalue weighted by atomic mass is 16.5. The van der Waals surface area contributed by atoms with Crippen LogP contribution in [-0.2, 0) is 10.8 Å². The fourth-order valence-corrected chi connectivity index (χ4v) is 9.49. The number of benzene rings is 7. The van der Waals surface area contributed by atoms with Crippen LogP contribution in [-0.4, -0.2) is 4.57 Å². The molecule has 1 aromatic heterocycles. The van der Waals surface area contributed by atoms with Crippen LogP contribution < -0.4 is 4.74 Å². The summed E-state index contributed by atoms with van der Waals surface area (Å²) in [7, 11) is 0. The van der Waals surface area contributed by atoms with E-state index in [1.807, 2.05) is 0 Å². The van der Waals surface area contributed by atoms with Crippen molar-refractivity contribution in [3.05, 3.63) is 185 Å². The molecule has 48 heavy (non-hydrogen) atoms. The second kappa shape index (κ2) is 8.93. The fraction of sp³-hybridized carbons (Fsp3) is 0.0870. The third-order valence-electron chi connectivity index (χ3n) is 11.5. The molecule has 3 aliphatic rings. The van der Waals surface area contributed by atoms with Gasteiger partial charge in [-0.25, -0.2) is 0 Å². The van der Waals surface area contributed by atoms with Gasteiger partial charge >= 0.3 is 0 Å². The van der Waals surface area contributed by atoms with Crippen molar-refractivity contribution in [1.29, 1.82) is 0 Å². The van der Waals surface area contributed by atoms with Gasteiger partial charge in [0.1, 0.15) is 11.5 Å². The zero-order valence-electron chi connectivity index (χ0n) is 26.8. The summed E-state index contributed by atoms with van der Waals surface area (Å²) in [4.78, 5) is 0. The normalized spacial score (nSPS) is 17.4. The maximum absolute atomic E-state index is 6.83. The van der Waals surface area contributed by atoms with Gasteiger partial charge in [0.25, 0.3) is 0 Å². The summed E-state index contributed by atoms with van der Waals surface area (Å²) in [6.07, 6.45) is 0. The van der Waals surface area contributed by atoms with Gasteiger partial charge in [-0.3, -0.25) is 0 Å². The van der Waals surface area contributed by atoms with Gasteiger partial charge in [0.15, 0.2) is 0 Å². The molecule has 7 aromatic carbocycles. The van der Waals surface area contributed by atoms with E-state index < -0.39 is 5.41 Å². The van der Waals surface area contributed by atoms with Crippen LogP contribution in [0.4, 0.5) is 0 Å². The van der Waals surface area contributed by atoms with Gasteiger partial charge in [0, 0.05) is 27.3 Å². The van der Waals surface area contributed by atoms with Crippen LogP contribution in [0.25, 0.3) is 49.7 Å². The molecule has 1 spiro atoms. The van der Waals surface area contributed by atoms with Crippen LogP contribution in [0.5, 0.6) is 11.5 Å². The minimum Gasteiger partial charge on any atom is -0.457 e. The van der Waals surface area contributed by atoms with Crippen LogP contribution in [0.1, 0.15) is 47.2 Å². The van der Waals surface area contributed by atoms with Gasteiger partial charge in [0.05, 0.1) is 22.1 Å². The first kappa shape index (κ1) is 26.2. The van der Waals surface area contributed by atoms with E-state index in [4.69, 9.17) is 4.74 Å². The summed E-state index contributed by atoms with van der Waals surface area (Å²) in [5.74, 6) is 1.81. The first-order chi connectivity index (χ1) is 23.6. The Morgan fingerprint density at radius 1 is 0.479 bits per heavy atom. The Hall–Kier alpha value is -5.86. The van der Waals surface area contributed by atoms with Gasteiger partial charge < -0.3 is 9.30 Å². The quantitative estimate of drug-likeness (QED) is 0.180. The van der Waals surface area contributed by atoms with Gasteiger partial charge in [-0.15, -0.1) is 0 Å². The third-order valence-corrected chi connectivity index (χ3v) is 11.5. The monoisotopic (exact) mass is 613 g/mol. The molecule has 0 saturated heterocycles. The lowest BCUT2D eigenvalue weighted by molar-refractivity contribution is 0.434. The van der Waals surface area contributed by atoms with Crippen molar-refractivity contribution in [3.63, 3.8) is 0 Å². The minimum atomic E-state index is -0.588. The Labute approximate surface area is 279 Å². The molecular formula is C46H31NO. The highest BCUT2D eigenvalue weighted by molar-refractivity contribution is 6.12. The molecule has 1 unspecified atom stereocenters. The predicted molar refractivity (Wildman–Crippen MR) is 196 cm³/mol. The molecule has 2 heteroatoms. The SMILES string of the molecule is CC1(C)c2ccccc2-c2c(-c3ccc4c(c3)C3(c5ccccc5O4)c4ccccc4-n4c5ccccc5c5cccc3c54)cccc21. The highest BCUT2D eigenvalue weighted by Gasteiger charge is 2.50. The molecule has 0 bridgehead atoms. The molecule has 0 amide bonds. The Balaban J connectivity index is 1.29. The zero-order valence-corrected chi connectivity index (χ0v) is 26.8. The molecule has 3 heterocycles. The van der Waals surface area contributed by atoms with Crippen LogP contribution in [0.15, 0.2) is 152 Å². The third kappa shape index (κ3) is 3.00. The molecule has 8 aromatic rings. The Morgan fingerprint density at radius 3 is 2.04 bits per heavy atom. The molecule has 11 rings (SSSR count). The van der Waals surface area contributed by atoms with E-state index in [1.165, 1.54) is 83.1 Å². The lowest BCUT2D eigenvalue weighted by Crippen LogP contribution is -2.37. The zero-order chi connectivity index (χ0) is 31.8. The first-order valence-corrected chi connectivity index (χ1v) is 16.9. The molecule has 0 saturated carbocycles. The Bertz CT molecular complexity index is 2690. The van der Waals surface area contributed by atoms with Crippen molar-refractivity contribution in [3.8, 4) is 39.4 Å². The van der Waals surface area contributed by atoms with Crippen molar-refractivity contribution in [2.75, 3.05) is 0 Å². The molecule has 2 nitrogen and oxygen atoms in total. The van der Waals surface area contributed by atoms with E-state index in [9.17, 15) is 0 Å². The smallest absolute Gasteiger partial charge is 0.132 e. The summed E-state index contributed by atoms with van der Waals surface area (Å²) in [6.45, 7) is 4.71. The summed E-state index contributed by atoms with van der Waals surface area (Å²) >= 11 is 0. The van der Waals surface area contributed by atoms with Gasteiger partial charge in [0.2, 0.25) is 0 Å². The number of hydrogen-bond donors (Lipinski definition) is 0. The molecule has 0 fully saturated rings. The van der Waals surface area contributed by atoms with Crippen molar-refractivity contribution >= 4 is 21.8 Å². The van der Waals surface area contributed by atoms with Gasteiger partial charge in [-0.2, -0.15) is 0 Å². The maximum atomic E-state index is 6.83. The maximum Gasteiger partial charge on any atom is 0.132 e. The number of para-hydroxylation sites is 4. The number of fused-ring (bicyclic) bond motifs is 14. The predicted octanol–water partition coefficient (Wildman–Crippen LogP) is 11.6. The van der Waals surface area contributed by atoms with Crippen molar-refractivity contribution in [2.45, 2.75) is 24.7 Å². The lowest BCUT2D eigenvalue weighted by Gasteiger charge is -2.45. The highest BCUT2D eigenvalue weighted by Crippen LogP contribution is 2.61. The van der Waals surface area contributed by atoms with E-state index >= 15 is 0 Å². The topological polar surface area (TPSA) is 14.2 Å². The van der Waals surface area contributed by atoms with Gasteiger partial charge in [-0.1, -0.05) is 135 Å². The van der Waals surface area contributed by atoms with Crippen molar-refractivity contribution in [2.24, 2.45) is 0 Å². The second-order valence-electron chi connectivity index (χ2n) is 14.0. The van der Waals surface area contributed by atoms with Crippen LogP contribution >= 0.6 is 0 Å². The van der Waals surface area contributed by atoms with Crippen LogP contribution in [0, 0.1) is 0 Å². The lowest BCUT2D eigenvalue weighted by atomic mass is 9.61. The molecule has 2 aliphatic heterocycles. The summed E-state index contributed by atoms with van der Waals surface area (Å²) < 4.78 is 9.32. The summed E-state index contributed by atoms with van der Waals surface area (Å²) in [5.41, 5.74) is 15.9. The second-order valence-corrected chi connectivity index (χ2v) is 14.0. The number of rotatable bonds is 1. The molecular weight excluding hydrogens is 583 g/mol. The number of hydrogen-bond acceptors (Lipinski definition) is 1. The van der Waals surface area contributed by atoms with Gasteiger partial charge in [-0.05, 0) is 74.8 Å².